The lowest BCUT2D eigenvalue weighted by Gasteiger charge is -2.32. The zero-order valence-electron chi connectivity index (χ0n) is 13.8. The van der Waals surface area contributed by atoms with Crippen LogP contribution >= 0.6 is 0 Å². The van der Waals surface area contributed by atoms with E-state index in [-0.39, 0.29) is 23.4 Å². The topological polar surface area (TPSA) is 108 Å². The van der Waals surface area contributed by atoms with E-state index in [1.165, 1.54) is 25.3 Å². The van der Waals surface area contributed by atoms with Gasteiger partial charge in [0.1, 0.15) is 0 Å². The smallest absolute Gasteiger partial charge is 0.310 e. The molecule has 0 spiro atoms. The fraction of sp³-hybridized carbons (Fsp3) is 0.562. The third-order valence-electron chi connectivity index (χ3n) is 4.05. The Morgan fingerprint density at radius 2 is 2.12 bits per heavy atom. The first-order valence-corrected chi connectivity index (χ1v) is 8.00. The minimum atomic E-state index is -0.530. The van der Waals surface area contributed by atoms with Crippen LogP contribution in [0.4, 0.5) is 5.69 Å². The Hall–Kier alpha value is -2.19. The summed E-state index contributed by atoms with van der Waals surface area (Å²) >= 11 is 0. The van der Waals surface area contributed by atoms with Crippen LogP contribution in [0.25, 0.3) is 0 Å². The highest BCUT2D eigenvalue weighted by Crippen LogP contribution is 2.28. The average molecular weight is 337 g/mol. The quantitative estimate of drug-likeness (QED) is 0.460. The second-order valence-electron chi connectivity index (χ2n) is 5.65. The number of hydrogen-bond donors (Lipinski definition) is 1. The fourth-order valence-electron chi connectivity index (χ4n) is 2.70. The Bertz CT molecular complexity index is 585. The molecule has 1 heterocycles. The minimum Gasteiger partial charge on any atom is -0.490 e. The molecule has 0 atom stereocenters. The van der Waals surface area contributed by atoms with Crippen molar-refractivity contribution in [1.82, 2.24) is 4.90 Å². The number of likely N-dealkylation sites (tertiary alicyclic amines) is 1. The normalized spacial score (nSPS) is 15.3. The molecule has 132 valence electrons. The van der Waals surface area contributed by atoms with Crippen molar-refractivity contribution in [3.63, 3.8) is 0 Å². The van der Waals surface area contributed by atoms with Gasteiger partial charge in [-0.3, -0.25) is 14.9 Å². The van der Waals surface area contributed by atoms with Crippen LogP contribution in [0.5, 0.6) is 5.75 Å². The SMILES string of the molecule is COc1cc(C(=O)N2CCC(OCCCN)CC2)ccc1[N+](=O)[O-]. The summed E-state index contributed by atoms with van der Waals surface area (Å²) in [5, 5.41) is 10.9. The molecule has 24 heavy (non-hydrogen) atoms. The summed E-state index contributed by atoms with van der Waals surface area (Å²) in [6.45, 7) is 2.46. The van der Waals surface area contributed by atoms with Crippen LogP contribution in [0.15, 0.2) is 18.2 Å². The molecule has 1 fully saturated rings. The number of methoxy groups -OCH3 is 1. The lowest BCUT2D eigenvalue weighted by Crippen LogP contribution is -2.41. The van der Waals surface area contributed by atoms with Gasteiger partial charge in [-0.2, -0.15) is 0 Å². The number of amides is 1. The molecule has 2 rings (SSSR count). The number of piperidine rings is 1. The Balaban J connectivity index is 1.96. The molecule has 0 saturated carbocycles. The fourth-order valence-corrected chi connectivity index (χ4v) is 2.70. The lowest BCUT2D eigenvalue weighted by atomic mass is 10.1. The van der Waals surface area contributed by atoms with Crippen molar-refractivity contribution in [2.45, 2.75) is 25.4 Å². The number of nitro groups is 1. The van der Waals surface area contributed by atoms with Gasteiger partial charge in [-0.1, -0.05) is 0 Å². The maximum atomic E-state index is 12.6. The number of nitrogens with zero attached hydrogens (tertiary/aromatic N) is 2. The minimum absolute atomic E-state index is 0.0888. The van der Waals surface area contributed by atoms with E-state index in [1.54, 1.807) is 4.90 Å². The molecule has 0 aromatic heterocycles. The first-order valence-electron chi connectivity index (χ1n) is 8.00. The van der Waals surface area contributed by atoms with Gasteiger partial charge in [-0.15, -0.1) is 0 Å². The van der Waals surface area contributed by atoms with E-state index in [0.29, 0.717) is 31.8 Å². The van der Waals surface area contributed by atoms with Crippen LogP contribution < -0.4 is 10.5 Å². The summed E-state index contributed by atoms with van der Waals surface area (Å²) in [6.07, 6.45) is 2.55. The molecule has 1 amide bonds. The summed E-state index contributed by atoms with van der Waals surface area (Å²) in [7, 11) is 1.35. The third kappa shape index (κ3) is 4.42. The standard InChI is InChI=1S/C16H23N3O5/c1-23-15-11-12(3-4-14(15)19(21)22)16(20)18-8-5-13(6-9-18)24-10-2-7-17/h3-4,11,13H,2,5-10,17H2,1H3. The van der Waals surface area contributed by atoms with E-state index in [9.17, 15) is 14.9 Å². The number of nitrogens with two attached hydrogens (primary N) is 1. The van der Waals surface area contributed by atoms with E-state index < -0.39 is 4.92 Å². The number of ether oxygens (including phenoxy) is 2. The monoisotopic (exact) mass is 337 g/mol. The van der Waals surface area contributed by atoms with Gasteiger partial charge in [0.15, 0.2) is 5.75 Å². The van der Waals surface area contributed by atoms with Gasteiger partial charge in [0.25, 0.3) is 5.91 Å². The number of benzene rings is 1. The summed E-state index contributed by atoms with van der Waals surface area (Å²) in [5.41, 5.74) is 5.68. The highest BCUT2D eigenvalue weighted by molar-refractivity contribution is 5.95. The van der Waals surface area contributed by atoms with E-state index in [1.807, 2.05) is 0 Å². The Kier molecular flexibility index (Phi) is 6.51. The summed E-state index contributed by atoms with van der Waals surface area (Å²) in [5.74, 6) is -0.0607. The van der Waals surface area contributed by atoms with Crippen LogP contribution in [0.3, 0.4) is 0 Å². The van der Waals surface area contributed by atoms with Crippen molar-refractivity contribution >= 4 is 11.6 Å². The Labute approximate surface area is 140 Å². The van der Waals surface area contributed by atoms with Crippen molar-refractivity contribution in [2.24, 2.45) is 5.73 Å². The molecule has 8 heteroatoms. The van der Waals surface area contributed by atoms with Crippen LogP contribution in [-0.2, 0) is 4.74 Å². The van der Waals surface area contributed by atoms with Crippen molar-refractivity contribution < 1.29 is 19.2 Å². The molecule has 1 aliphatic rings. The van der Waals surface area contributed by atoms with E-state index >= 15 is 0 Å². The molecular weight excluding hydrogens is 314 g/mol. The molecule has 0 aliphatic carbocycles. The van der Waals surface area contributed by atoms with Crippen molar-refractivity contribution in [3.8, 4) is 5.75 Å². The Morgan fingerprint density at radius 1 is 1.42 bits per heavy atom. The zero-order valence-corrected chi connectivity index (χ0v) is 13.8. The third-order valence-corrected chi connectivity index (χ3v) is 4.05. The summed E-state index contributed by atoms with van der Waals surface area (Å²) < 4.78 is 10.7. The molecule has 1 saturated heterocycles. The average Bonchev–Trinajstić information content (AvgIpc) is 2.61. The van der Waals surface area contributed by atoms with E-state index in [0.717, 1.165) is 19.3 Å². The first kappa shape index (κ1) is 18.2. The van der Waals surface area contributed by atoms with Gasteiger partial charge in [0, 0.05) is 37.4 Å². The number of hydrogen-bond acceptors (Lipinski definition) is 6. The van der Waals surface area contributed by atoms with Crippen molar-refractivity contribution in [2.75, 3.05) is 33.4 Å². The number of carbonyl (C=O) groups is 1. The summed E-state index contributed by atoms with van der Waals surface area (Å²) in [6, 6.07) is 4.19. The molecular formula is C16H23N3O5. The highest BCUT2D eigenvalue weighted by atomic mass is 16.6. The van der Waals surface area contributed by atoms with E-state index in [2.05, 4.69) is 0 Å². The molecule has 1 aromatic carbocycles. The lowest BCUT2D eigenvalue weighted by molar-refractivity contribution is -0.385. The largest absolute Gasteiger partial charge is 0.490 e. The second kappa shape index (κ2) is 8.60. The summed E-state index contributed by atoms with van der Waals surface area (Å²) in [4.78, 5) is 24.7. The van der Waals surface area contributed by atoms with Crippen molar-refractivity contribution in [3.05, 3.63) is 33.9 Å². The molecule has 0 bridgehead atoms. The number of carbonyl (C=O) groups excluding carboxylic acids is 1. The van der Waals surface area contributed by atoms with Crippen LogP contribution in [0.2, 0.25) is 0 Å². The Morgan fingerprint density at radius 3 is 2.71 bits per heavy atom. The predicted octanol–water partition coefficient (Wildman–Crippen LogP) is 1.57. The van der Waals surface area contributed by atoms with Crippen molar-refractivity contribution in [1.29, 1.82) is 0 Å². The van der Waals surface area contributed by atoms with E-state index in [4.69, 9.17) is 15.2 Å². The molecule has 2 N–H and O–H groups in total. The highest BCUT2D eigenvalue weighted by Gasteiger charge is 2.25. The van der Waals surface area contributed by atoms with Crippen LogP contribution in [0, 0.1) is 10.1 Å². The van der Waals surface area contributed by atoms with Gasteiger partial charge >= 0.3 is 5.69 Å². The van der Waals surface area contributed by atoms with Crippen LogP contribution in [-0.4, -0.2) is 55.2 Å². The predicted molar refractivity (Wildman–Crippen MR) is 88.2 cm³/mol. The molecule has 8 nitrogen and oxygen atoms in total. The maximum Gasteiger partial charge on any atom is 0.310 e. The van der Waals surface area contributed by atoms with Gasteiger partial charge in [-0.25, -0.2) is 0 Å². The number of rotatable bonds is 7. The van der Waals surface area contributed by atoms with Gasteiger partial charge in [-0.05, 0) is 31.9 Å². The first-order chi connectivity index (χ1) is 11.6. The van der Waals surface area contributed by atoms with Gasteiger partial charge in [0.2, 0.25) is 0 Å². The maximum absolute atomic E-state index is 12.6. The van der Waals surface area contributed by atoms with Gasteiger partial charge in [0.05, 0.1) is 18.1 Å². The molecule has 1 aromatic rings. The number of nitro benzene ring substituents is 1. The molecule has 1 aliphatic heterocycles. The molecule has 0 radical (unpaired) electrons. The zero-order chi connectivity index (χ0) is 17.5. The van der Waals surface area contributed by atoms with Crippen LogP contribution in [0.1, 0.15) is 29.6 Å². The molecule has 0 unspecified atom stereocenters. The van der Waals surface area contributed by atoms with Gasteiger partial charge < -0.3 is 20.1 Å². The second-order valence-corrected chi connectivity index (χ2v) is 5.65.